The van der Waals surface area contributed by atoms with E-state index in [1.54, 1.807) is 74.5 Å². The van der Waals surface area contributed by atoms with Gasteiger partial charge in [-0.05, 0) is 60.4 Å². The number of hydrogen-bond donors (Lipinski definition) is 3. The van der Waals surface area contributed by atoms with Crippen molar-refractivity contribution in [3.05, 3.63) is 83.9 Å². The van der Waals surface area contributed by atoms with Gasteiger partial charge in [0.25, 0.3) is 0 Å². The van der Waals surface area contributed by atoms with Crippen LogP contribution in [0.15, 0.2) is 77.7 Å². The smallest absolute Gasteiger partial charge is 0.450 e. The second-order valence-corrected chi connectivity index (χ2v) is 10.6. The Balaban J connectivity index is 1.55. The van der Waals surface area contributed by atoms with Gasteiger partial charge in [0.15, 0.2) is 16.1 Å². The van der Waals surface area contributed by atoms with Crippen LogP contribution < -0.4 is 10.6 Å². The molecule has 36 heavy (non-hydrogen) atoms. The van der Waals surface area contributed by atoms with Crippen LogP contribution in [0.2, 0.25) is 0 Å². The van der Waals surface area contributed by atoms with Crippen LogP contribution in [-0.4, -0.2) is 38.1 Å². The second kappa shape index (κ2) is 10.4. The van der Waals surface area contributed by atoms with Crippen LogP contribution in [0.5, 0.6) is 0 Å². The highest BCUT2D eigenvalue weighted by atomic mass is 32.2. The van der Waals surface area contributed by atoms with Crippen molar-refractivity contribution in [2.24, 2.45) is 0 Å². The van der Waals surface area contributed by atoms with Crippen LogP contribution in [0.25, 0.3) is 11.1 Å². The van der Waals surface area contributed by atoms with Crippen LogP contribution in [0, 0.1) is 0 Å². The molecule has 10 heteroatoms. The van der Waals surface area contributed by atoms with Crippen LogP contribution in [0.3, 0.4) is 0 Å². The SMILES string of the molecule is CC(C)OC(=O)Nc1ccc(-c2ccc(S(=O)(=O)C3N[C@H](OC(=O)O)Cc4ccccc43)cc2)cc1. The zero-order chi connectivity index (χ0) is 25.9. The van der Waals surface area contributed by atoms with Gasteiger partial charge in [-0.25, -0.2) is 18.0 Å². The number of fused-ring (bicyclic) bond motifs is 1. The number of benzene rings is 3. The van der Waals surface area contributed by atoms with E-state index in [0.29, 0.717) is 16.8 Å². The number of amides is 1. The van der Waals surface area contributed by atoms with Gasteiger partial charge in [-0.3, -0.25) is 10.6 Å². The molecule has 0 saturated heterocycles. The van der Waals surface area contributed by atoms with Crippen LogP contribution >= 0.6 is 0 Å². The minimum atomic E-state index is -3.92. The third kappa shape index (κ3) is 5.67. The fraction of sp³-hybridized carbons (Fsp3) is 0.231. The number of sulfone groups is 1. The number of nitrogens with one attached hydrogen (secondary N) is 2. The molecule has 4 rings (SSSR count). The van der Waals surface area contributed by atoms with Crippen molar-refractivity contribution in [3.8, 4) is 11.1 Å². The maximum Gasteiger partial charge on any atom is 0.507 e. The van der Waals surface area contributed by atoms with E-state index in [-0.39, 0.29) is 17.4 Å². The maximum absolute atomic E-state index is 13.5. The highest BCUT2D eigenvalue weighted by Crippen LogP contribution is 2.34. The predicted molar refractivity (Wildman–Crippen MR) is 133 cm³/mol. The molecule has 0 aromatic heterocycles. The first kappa shape index (κ1) is 25.2. The van der Waals surface area contributed by atoms with Gasteiger partial charge in [-0.15, -0.1) is 0 Å². The number of carbonyl (C=O) groups excluding carboxylic acids is 1. The lowest BCUT2D eigenvalue weighted by molar-refractivity contribution is 0.0319. The summed E-state index contributed by atoms with van der Waals surface area (Å²) in [5.41, 5.74) is 3.46. The Hall–Kier alpha value is -3.89. The van der Waals surface area contributed by atoms with E-state index in [1.807, 2.05) is 0 Å². The lowest BCUT2D eigenvalue weighted by Gasteiger charge is -2.31. The average molecular weight is 511 g/mol. The van der Waals surface area contributed by atoms with Crippen molar-refractivity contribution in [1.29, 1.82) is 0 Å². The zero-order valence-electron chi connectivity index (χ0n) is 19.7. The zero-order valence-corrected chi connectivity index (χ0v) is 20.5. The molecule has 0 fully saturated rings. The van der Waals surface area contributed by atoms with E-state index in [9.17, 15) is 18.0 Å². The predicted octanol–water partition coefficient (Wildman–Crippen LogP) is 4.95. The fourth-order valence-corrected chi connectivity index (χ4v) is 5.71. The molecule has 188 valence electrons. The highest BCUT2D eigenvalue weighted by molar-refractivity contribution is 7.91. The van der Waals surface area contributed by atoms with Gasteiger partial charge in [0.2, 0.25) is 0 Å². The van der Waals surface area contributed by atoms with Crippen molar-refractivity contribution in [3.63, 3.8) is 0 Å². The lowest BCUT2D eigenvalue weighted by atomic mass is 10.00. The normalized spacial score (nSPS) is 17.2. The summed E-state index contributed by atoms with van der Waals surface area (Å²) in [6.07, 6.45) is -3.01. The van der Waals surface area contributed by atoms with Gasteiger partial charge in [0.1, 0.15) is 5.37 Å². The van der Waals surface area contributed by atoms with Gasteiger partial charge in [-0.1, -0.05) is 48.5 Å². The lowest BCUT2D eigenvalue weighted by Crippen LogP contribution is -2.45. The molecule has 3 aromatic rings. The standard InChI is InChI=1S/C26H26N2O7S/c1-16(2)34-25(29)27-20-11-7-17(8-12-20)18-9-13-21(14-10-18)36(32,33)24-22-6-4-3-5-19(22)15-23(28-24)35-26(30)31/h3-14,16,23-24,28H,15H2,1-2H3,(H,27,29)(H,30,31)/t23-,24?/m1/s1. The summed E-state index contributed by atoms with van der Waals surface area (Å²) in [7, 11) is -3.92. The molecular weight excluding hydrogens is 484 g/mol. The number of rotatable bonds is 6. The summed E-state index contributed by atoms with van der Waals surface area (Å²) in [6, 6.07) is 20.5. The molecule has 3 aromatic carbocycles. The molecule has 0 aliphatic carbocycles. The Morgan fingerprint density at radius 1 is 0.972 bits per heavy atom. The molecule has 0 saturated carbocycles. The Morgan fingerprint density at radius 3 is 2.19 bits per heavy atom. The highest BCUT2D eigenvalue weighted by Gasteiger charge is 2.37. The molecule has 1 aliphatic rings. The molecule has 1 amide bonds. The number of anilines is 1. The molecule has 0 bridgehead atoms. The number of carboxylic acid groups (broad SMARTS) is 1. The number of ether oxygens (including phenoxy) is 2. The Bertz CT molecular complexity index is 1350. The van der Waals surface area contributed by atoms with Gasteiger partial charge < -0.3 is 14.6 Å². The molecular formula is C26H26N2O7S. The summed E-state index contributed by atoms with van der Waals surface area (Å²) in [6.45, 7) is 3.52. The maximum atomic E-state index is 13.5. The second-order valence-electron chi connectivity index (χ2n) is 8.55. The summed E-state index contributed by atoms with van der Waals surface area (Å²) in [5, 5.41) is 13.3. The van der Waals surface area contributed by atoms with E-state index in [2.05, 4.69) is 10.6 Å². The Morgan fingerprint density at radius 2 is 1.58 bits per heavy atom. The van der Waals surface area contributed by atoms with Gasteiger partial charge in [0, 0.05) is 12.1 Å². The van der Waals surface area contributed by atoms with Crippen LogP contribution in [-0.2, 0) is 25.7 Å². The van der Waals surface area contributed by atoms with E-state index < -0.39 is 33.7 Å². The monoisotopic (exact) mass is 510 g/mol. The van der Waals surface area contributed by atoms with Gasteiger partial charge in [-0.2, -0.15) is 0 Å². The van der Waals surface area contributed by atoms with Crippen molar-refractivity contribution in [2.75, 3.05) is 5.32 Å². The first-order valence-corrected chi connectivity index (χ1v) is 12.8. The molecule has 1 unspecified atom stereocenters. The molecule has 1 aliphatic heterocycles. The first-order chi connectivity index (χ1) is 17.1. The molecule has 0 spiro atoms. The molecule has 9 nitrogen and oxygen atoms in total. The van der Waals surface area contributed by atoms with Crippen molar-refractivity contribution in [2.45, 2.75) is 42.9 Å². The largest absolute Gasteiger partial charge is 0.507 e. The van der Waals surface area contributed by atoms with Crippen LogP contribution in [0.4, 0.5) is 15.3 Å². The van der Waals surface area contributed by atoms with Gasteiger partial charge >= 0.3 is 12.2 Å². The summed E-state index contributed by atoms with van der Waals surface area (Å²) < 4.78 is 37.0. The summed E-state index contributed by atoms with van der Waals surface area (Å²) in [5.74, 6) is 0. The number of carbonyl (C=O) groups is 2. The van der Waals surface area contributed by atoms with E-state index >= 15 is 0 Å². The minimum Gasteiger partial charge on any atom is -0.450 e. The third-order valence-electron chi connectivity index (χ3n) is 5.62. The topological polar surface area (TPSA) is 131 Å². The molecule has 3 N–H and O–H groups in total. The molecule has 2 atom stereocenters. The fourth-order valence-electron chi connectivity index (χ4n) is 4.03. The minimum absolute atomic E-state index is 0.0873. The van der Waals surface area contributed by atoms with Crippen LogP contribution in [0.1, 0.15) is 30.3 Å². The van der Waals surface area contributed by atoms with E-state index in [0.717, 1.165) is 11.1 Å². The van der Waals surface area contributed by atoms with Gasteiger partial charge in [0.05, 0.1) is 11.0 Å². The average Bonchev–Trinajstić information content (AvgIpc) is 2.83. The van der Waals surface area contributed by atoms with E-state index in [4.69, 9.17) is 14.6 Å². The summed E-state index contributed by atoms with van der Waals surface area (Å²) >= 11 is 0. The number of hydrogen-bond acceptors (Lipinski definition) is 7. The van der Waals surface area contributed by atoms with Crippen molar-refractivity contribution < 1.29 is 32.6 Å². The van der Waals surface area contributed by atoms with Crippen molar-refractivity contribution in [1.82, 2.24) is 5.32 Å². The Labute approximate surface area is 209 Å². The molecule has 1 heterocycles. The third-order valence-corrected chi connectivity index (χ3v) is 7.56. The van der Waals surface area contributed by atoms with E-state index in [1.165, 1.54) is 12.1 Å². The quantitative estimate of drug-likeness (QED) is 0.397. The Kier molecular flexibility index (Phi) is 7.27. The molecule has 0 radical (unpaired) electrons. The first-order valence-electron chi connectivity index (χ1n) is 11.3. The van der Waals surface area contributed by atoms with Crippen molar-refractivity contribution >= 4 is 27.8 Å². The summed E-state index contributed by atoms with van der Waals surface area (Å²) in [4.78, 5) is 22.9.